The van der Waals surface area contributed by atoms with Gasteiger partial charge in [0.2, 0.25) is 0 Å². The van der Waals surface area contributed by atoms with Crippen LogP contribution in [0.3, 0.4) is 0 Å². The molecular weight excluding hydrogens is 384 g/mol. The zero-order chi connectivity index (χ0) is 20.2. The number of fused-ring (bicyclic) bond motifs is 1. The molecule has 0 bridgehead atoms. The number of rotatable bonds is 6. The average molecular weight is 402 g/mol. The van der Waals surface area contributed by atoms with Crippen molar-refractivity contribution in [1.29, 1.82) is 5.26 Å². The summed E-state index contributed by atoms with van der Waals surface area (Å²) in [5.41, 5.74) is 2.76. The molecule has 0 aliphatic heterocycles. The van der Waals surface area contributed by atoms with Gasteiger partial charge in [-0.15, -0.1) is 11.3 Å². The number of amides is 1. The second-order valence-electron chi connectivity index (χ2n) is 6.44. The highest BCUT2D eigenvalue weighted by Gasteiger charge is 2.17. The van der Waals surface area contributed by atoms with Crippen LogP contribution in [-0.4, -0.2) is 22.3 Å². The van der Waals surface area contributed by atoms with Gasteiger partial charge in [0.1, 0.15) is 16.6 Å². The Morgan fingerprint density at radius 3 is 2.83 bits per heavy atom. The van der Waals surface area contributed by atoms with E-state index in [1.807, 2.05) is 72.3 Å². The Balaban J connectivity index is 1.52. The fourth-order valence-electron chi connectivity index (χ4n) is 3.03. The minimum Gasteiger partial charge on any atom is -0.479 e. The van der Waals surface area contributed by atoms with Crippen molar-refractivity contribution >= 4 is 27.5 Å². The predicted molar refractivity (Wildman–Crippen MR) is 112 cm³/mol. The van der Waals surface area contributed by atoms with Gasteiger partial charge in [0, 0.05) is 11.9 Å². The lowest BCUT2D eigenvalue weighted by atomic mass is 10.2. The van der Waals surface area contributed by atoms with Crippen LogP contribution in [0.2, 0.25) is 0 Å². The Kier molecular flexibility index (Phi) is 5.27. The second-order valence-corrected chi connectivity index (χ2v) is 7.47. The van der Waals surface area contributed by atoms with E-state index in [2.05, 4.69) is 10.4 Å². The average Bonchev–Trinajstić information content (AvgIpc) is 3.32. The number of nitrogens with one attached hydrogen (secondary N) is 1. The lowest BCUT2D eigenvalue weighted by Gasteiger charge is -2.06. The van der Waals surface area contributed by atoms with Crippen molar-refractivity contribution in [2.24, 2.45) is 0 Å². The summed E-state index contributed by atoms with van der Waals surface area (Å²) in [5, 5.41) is 17.2. The summed E-state index contributed by atoms with van der Waals surface area (Å²) < 4.78 is 7.18. The SMILES string of the molecule is Cc1nn(-c2ccccc2)c2sc(C(=O)NCc3cccc(OCC#N)c3)cc12. The van der Waals surface area contributed by atoms with Gasteiger partial charge in [0.15, 0.2) is 6.61 Å². The molecule has 0 saturated carbocycles. The number of carbonyl (C=O) groups is 1. The third-order valence-corrected chi connectivity index (χ3v) is 5.53. The van der Waals surface area contributed by atoms with E-state index in [9.17, 15) is 4.79 Å². The van der Waals surface area contributed by atoms with E-state index in [0.717, 1.165) is 27.2 Å². The van der Waals surface area contributed by atoms with E-state index in [4.69, 9.17) is 10.00 Å². The summed E-state index contributed by atoms with van der Waals surface area (Å²) in [5.74, 6) is 0.479. The van der Waals surface area contributed by atoms with Crippen LogP contribution in [0.25, 0.3) is 15.9 Å². The molecule has 0 spiro atoms. The van der Waals surface area contributed by atoms with E-state index in [1.165, 1.54) is 11.3 Å². The molecule has 144 valence electrons. The molecule has 0 aliphatic carbocycles. The Morgan fingerprint density at radius 1 is 1.21 bits per heavy atom. The number of benzene rings is 2. The molecule has 2 heterocycles. The quantitative estimate of drug-likeness (QED) is 0.523. The van der Waals surface area contributed by atoms with Gasteiger partial charge in [0.05, 0.1) is 16.3 Å². The molecule has 29 heavy (non-hydrogen) atoms. The molecule has 0 radical (unpaired) electrons. The van der Waals surface area contributed by atoms with Gasteiger partial charge in [-0.05, 0) is 42.8 Å². The molecule has 2 aromatic heterocycles. The maximum atomic E-state index is 12.7. The lowest BCUT2D eigenvalue weighted by molar-refractivity contribution is 0.0955. The third-order valence-electron chi connectivity index (χ3n) is 4.42. The minimum absolute atomic E-state index is 0.00458. The summed E-state index contributed by atoms with van der Waals surface area (Å²) >= 11 is 1.42. The minimum atomic E-state index is -0.131. The van der Waals surface area contributed by atoms with Crippen molar-refractivity contribution in [2.45, 2.75) is 13.5 Å². The van der Waals surface area contributed by atoms with Crippen LogP contribution in [0.1, 0.15) is 20.9 Å². The van der Waals surface area contributed by atoms with E-state index < -0.39 is 0 Å². The number of aromatic nitrogens is 2. The number of ether oxygens (including phenoxy) is 1. The number of nitriles is 1. The van der Waals surface area contributed by atoms with Gasteiger partial charge in [-0.3, -0.25) is 4.79 Å². The number of nitrogens with zero attached hydrogens (tertiary/aromatic N) is 3. The topological polar surface area (TPSA) is 79.9 Å². The fraction of sp³-hybridized carbons (Fsp3) is 0.136. The van der Waals surface area contributed by atoms with Crippen molar-refractivity contribution in [3.8, 4) is 17.5 Å². The van der Waals surface area contributed by atoms with Crippen LogP contribution >= 0.6 is 11.3 Å². The smallest absolute Gasteiger partial charge is 0.261 e. The number of hydrogen-bond acceptors (Lipinski definition) is 5. The zero-order valence-electron chi connectivity index (χ0n) is 15.8. The summed E-state index contributed by atoms with van der Waals surface area (Å²) in [6, 6.07) is 21.1. The molecule has 4 aromatic rings. The third kappa shape index (κ3) is 3.98. The van der Waals surface area contributed by atoms with Crippen molar-refractivity contribution in [2.75, 3.05) is 6.61 Å². The van der Waals surface area contributed by atoms with E-state index in [0.29, 0.717) is 17.2 Å². The second kappa shape index (κ2) is 8.17. The number of hydrogen-bond donors (Lipinski definition) is 1. The highest BCUT2D eigenvalue weighted by Crippen LogP contribution is 2.30. The first-order valence-corrected chi connectivity index (χ1v) is 9.89. The van der Waals surface area contributed by atoms with Crippen LogP contribution in [0.15, 0.2) is 60.7 Å². The van der Waals surface area contributed by atoms with E-state index in [-0.39, 0.29) is 12.5 Å². The number of carbonyl (C=O) groups excluding carboxylic acids is 1. The molecule has 1 amide bonds. The fourth-order valence-corrected chi connectivity index (χ4v) is 4.13. The van der Waals surface area contributed by atoms with Gasteiger partial charge in [-0.1, -0.05) is 30.3 Å². The lowest BCUT2D eigenvalue weighted by Crippen LogP contribution is -2.21. The van der Waals surface area contributed by atoms with Crippen molar-refractivity contribution in [1.82, 2.24) is 15.1 Å². The highest BCUT2D eigenvalue weighted by atomic mass is 32.1. The molecule has 0 unspecified atom stereocenters. The molecule has 0 aliphatic rings. The first-order chi connectivity index (χ1) is 14.2. The summed E-state index contributed by atoms with van der Waals surface area (Å²) in [6.45, 7) is 2.32. The molecule has 0 fully saturated rings. The molecule has 4 rings (SSSR count). The first kappa shape index (κ1) is 18.7. The molecule has 1 N–H and O–H groups in total. The number of aryl methyl sites for hydroxylation is 1. The van der Waals surface area contributed by atoms with Crippen LogP contribution < -0.4 is 10.1 Å². The Morgan fingerprint density at radius 2 is 2.03 bits per heavy atom. The number of thiophene rings is 1. The summed E-state index contributed by atoms with van der Waals surface area (Å²) in [7, 11) is 0. The monoisotopic (exact) mass is 402 g/mol. The standard InChI is InChI=1S/C22H18N4O2S/c1-15-19-13-20(29-22(19)26(25-15)17-7-3-2-4-8-17)21(27)24-14-16-6-5-9-18(12-16)28-11-10-23/h2-9,12-13H,11,14H2,1H3,(H,24,27). The first-order valence-electron chi connectivity index (χ1n) is 9.07. The van der Waals surface area contributed by atoms with E-state index >= 15 is 0 Å². The molecule has 0 saturated heterocycles. The van der Waals surface area contributed by atoms with Gasteiger partial charge >= 0.3 is 0 Å². The highest BCUT2D eigenvalue weighted by molar-refractivity contribution is 7.20. The van der Waals surface area contributed by atoms with E-state index in [1.54, 1.807) is 6.07 Å². The van der Waals surface area contributed by atoms with Gasteiger partial charge in [0.25, 0.3) is 5.91 Å². The number of para-hydroxylation sites is 1. The van der Waals surface area contributed by atoms with Crippen molar-refractivity contribution < 1.29 is 9.53 Å². The summed E-state index contributed by atoms with van der Waals surface area (Å²) in [4.78, 5) is 14.3. The predicted octanol–water partition coefficient (Wildman–Crippen LogP) is 4.23. The summed E-state index contributed by atoms with van der Waals surface area (Å²) in [6.07, 6.45) is 0. The van der Waals surface area contributed by atoms with Crippen molar-refractivity contribution in [3.63, 3.8) is 0 Å². The Hall–Kier alpha value is -3.63. The van der Waals surface area contributed by atoms with Gasteiger partial charge in [-0.2, -0.15) is 10.4 Å². The largest absolute Gasteiger partial charge is 0.479 e. The molecule has 0 atom stereocenters. The molecule has 7 heteroatoms. The zero-order valence-corrected chi connectivity index (χ0v) is 16.6. The van der Waals surface area contributed by atoms with Crippen LogP contribution in [0.4, 0.5) is 0 Å². The van der Waals surface area contributed by atoms with Crippen LogP contribution in [0, 0.1) is 18.3 Å². The molecule has 2 aromatic carbocycles. The maximum Gasteiger partial charge on any atom is 0.261 e. The van der Waals surface area contributed by atoms with Crippen LogP contribution in [-0.2, 0) is 6.54 Å². The van der Waals surface area contributed by atoms with Crippen LogP contribution in [0.5, 0.6) is 5.75 Å². The van der Waals surface area contributed by atoms with Gasteiger partial charge < -0.3 is 10.1 Å². The molecular formula is C22H18N4O2S. The molecule has 6 nitrogen and oxygen atoms in total. The Bertz CT molecular complexity index is 1200. The van der Waals surface area contributed by atoms with Crippen molar-refractivity contribution in [3.05, 3.63) is 76.8 Å². The van der Waals surface area contributed by atoms with Gasteiger partial charge in [-0.25, -0.2) is 4.68 Å². The Labute approximate surface area is 172 Å². The maximum absolute atomic E-state index is 12.7. The normalized spacial score (nSPS) is 10.6.